The minimum Gasteiger partial charge on any atom is -0.493 e. The van der Waals surface area contributed by atoms with Gasteiger partial charge in [-0.25, -0.2) is 4.79 Å². The molecule has 0 spiro atoms. The normalized spacial score (nSPS) is 10.3. The Morgan fingerprint density at radius 3 is 2.65 bits per heavy atom. The smallest absolute Gasteiger partial charge is 0.442 e. The van der Waals surface area contributed by atoms with E-state index in [-0.39, 0.29) is 0 Å². The summed E-state index contributed by atoms with van der Waals surface area (Å²) in [5, 5.41) is 3.81. The van der Waals surface area contributed by atoms with E-state index < -0.39 is 5.76 Å². The zero-order chi connectivity index (χ0) is 14.7. The van der Waals surface area contributed by atoms with Gasteiger partial charge in [-0.1, -0.05) is 17.3 Å². The van der Waals surface area contributed by atoms with E-state index in [2.05, 4.69) is 11.7 Å². The molecular formula is C14H16N2O4. The lowest BCUT2D eigenvalue weighted by Crippen LogP contribution is -2.16. The summed E-state index contributed by atoms with van der Waals surface area (Å²) >= 11 is 0. The number of benzene rings is 1. The van der Waals surface area contributed by atoms with Gasteiger partial charge in [0.05, 0.1) is 20.8 Å². The second kappa shape index (κ2) is 5.64. The fraction of sp³-hybridized carbons (Fsp3) is 0.286. The van der Waals surface area contributed by atoms with Crippen molar-refractivity contribution < 1.29 is 14.0 Å². The third kappa shape index (κ3) is 2.59. The second-order valence-electron chi connectivity index (χ2n) is 4.39. The van der Waals surface area contributed by atoms with Crippen LogP contribution in [0.1, 0.15) is 6.92 Å². The lowest BCUT2D eigenvalue weighted by molar-refractivity contribution is 0.355. The van der Waals surface area contributed by atoms with Crippen molar-refractivity contribution in [2.45, 2.75) is 13.5 Å². The molecular weight excluding hydrogens is 260 g/mol. The van der Waals surface area contributed by atoms with E-state index in [4.69, 9.17) is 14.0 Å². The van der Waals surface area contributed by atoms with Crippen LogP contribution in [0.5, 0.6) is 11.5 Å². The molecule has 0 aliphatic rings. The fourth-order valence-electron chi connectivity index (χ4n) is 1.86. The molecule has 0 atom stereocenters. The van der Waals surface area contributed by atoms with E-state index in [1.165, 1.54) is 4.57 Å². The van der Waals surface area contributed by atoms with E-state index in [1.54, 1.807) is 32.4 Å². The molecule has 6 heteroatoms. The Balaban J connectivity index is 2.52. The highest BCUT2D eigenvalue weighted by Gasteiger charge is 2.15. The van der Waals surface area contributed by atoms with Crippen molar-refractivity contribution in [3.63, 3.8) is 0 Å². The highest BCUT2D eigenvalue weighted by Crippen LogP contribution is 2.31. The van der Waals surface area contributed by atoms with Crippen LogP contribution in [0.25, 0.3) is 11.4 Å². The van der Waals surface area contributed by atoms with Crippen LogP contribution in [0.15, 0.2) is 39.7 Å². The van der Waals surface area contributed by atoms with Gasteiger partial charge in [0.15, 0.2) is 17.3 Å². The van der Waals surface area contributed by atoms with Crippen LogP contribution < -0.4 is 15.2 Å². The third-order valence-corrected chi connectivity index (χ3v) is 2.76. The molecule has 0 fully saturated rings. The Morgan fingerprint density at radius 1 is 1.35 bits per heavy atom. The van der Waals surface area contributed by atoms with E-state index in [1.807, 2.05) is 6.92 Å². The van der Waals surface area contributed by atoms with Crippen LogP contribution in [0.4, 0.5) is 0 Å². The van der Waals surface area contributed by atoms with E-state index in [0.29, 0.717) is 29.4 Å². The summed E-state index contributed by atoms with van der Waals surface area (Å²) in [5.74, 6) is 1.08. The monoisotopic (exact) mass is 276 g/mol. The molecule has 0 radical (unpaired) electrons. The van der Waals surface area contributed by atoms with Gasteiger partial charge in [-0.3, -0.25) is 9.09 Å². The highest BCUT2D eigenvalue weighted by molar-refractivity contribution is 5.61. The third-order valence-electron chi connectivity index (χ3n) is 2.76. The van der Waals surface area contributed by atoms with Gasteiger partial charge in [0, 0.05) is 5.56 Å². The number of aromatic nitrogens is 2. The molecule has 0 aliphatic heterocycles. The van der Waals surface area contributed by atoms with Gasteiger partial charge < -0.3 is 9.47 Å². The Hall–Kier alpha value is -2.50. The van der Waals surface area contributed by atoms with Gasteiger partial charge in [0.25, 0.3) is 0 Å². The molecule has 0 N–H and O–H groups in total. The zero-order valence-corrected chi connectivity index (χ0v) is 11.7. The highest BCUT2D eigenvalue weighted by atomic mass is 16.5. The van der Waals surface area contributed by atoms with Gasteiger partial charge in [-0.2, -0.15) is 0 Å². The molecule has 2 rings (SSSR count). The van der Waals surface area contributed by atoms with E-state index >= 15 is 0 Å². The van der Waals surface area contributed by atoms with Crippen molar-refractivity contribution in [3.05, 3.63) is 40.9 Å². The van der Waals surface area contributed by atoms with Crippen molar-refractivity contribution in [3.8, 4) is 22.9 Å². The Kier molecular flexibility index (Phi) is 3.93. The van der Waals surface area contributed by atoms with Gasteiger partial charge >= 0.3 is 5.76 Å². The largest absolute Gasteiger partial charge is 0.493 e. The second-order valence-corrected chi connectivity index (χ2v) is 4.39. The average Bonchev–Trinajstić information content (AvgIpc) is 2.79. The fourth-order valence-corrected chi connectivity index (χ4v) is 1.86. The summed E-state index contributed by atoms with van der Waals surface area (Å²) in [6, 6.07) is 5.27. The van der Waals surface area contributed by atoms with Crippen molar-refractivity contribution in [2.75, 3.05) is 14.2 Å². The molecule has 0 amide bonds. The van der Waals surface area contributed by atoms with Crippen LogP contribution in [0.2, 0.25) is 0 Å². The van der Waals surface area contributed by atoms with E-state index in [9.17, 15) is 4.79 Å². The molecule has 106 valence electrons. The SMILES string of the molecule is C=C(C)Cn1c(-c2ccc(OC)c(OC)c2)noc1=O. The first-order valence-electron chi connectivity index (χ1n) is 6.00. The van der Waals surface area contributed by atoms with Gasteiger partial charge in [0.1, 0.15) is 0 Å². The molecule has 0 aliphatic carbocycles. The Bertz CT molecular complexity index is 685. The predicted octanol–water partition coefficient (Wildman–Crippen LogP) is 2.10. The minimum atomic E-state index is -0.516. The van der Waals surface area contributed by atoms with Crippen molar-refractivity contribution in [1.29, 1.82) is 0 Å². The number of nitrogens with zero attached hydrogens (tertiary/aromatic N) is 2. The predicted molar refractivity (Wildman–Crippen MR) is 74.1 cm³/mol. The van der Waals surface area contributed by atoms with Gasteiger partial charge in [0.2, 0.25) is 0 Å². The number of ether oxygens (including phenoxy) is 2. The minimum absolute atomic E-state index is 0.353. The molecule has 6 nitrogen and oxygen atoms in total. The Morgan fingerprint density at radius 2 is 2.05 bits per heavy atom. The molecule has 0 saturated carbocycles. The zero-order valence-electron chi connectivity index (χ0n) is 11.7. The summed E-state index contributed by atoms with van der Waals surface area (Å²) < 4.78 is 16.6. The number of allylic oxidation sites excluding steroid dienone is 1. The number of methoxy groups -OCH3 is 2. The lowest BCUT2D eigenvalue weighted by Gasteiger charge is -2.09. The van der Waals surface area contributed by atoms with Crippen molar-refractivity contribution in [2.24, 2.45) is 0 Å². The van der Waals surface area contributed by atoms with Crippen LogP contribution in [0, 0.1) is 0 Å². The maximum atomic E-state index is 11.7. The quantitative estimate of drug-likeness (QED) is 0.782. The first-order chi connectivity index (χ1) is 9.56. The number of hydrogen-bond acceptors (Lipinski definition) is 5. The van der Waals surface area contributed by atoms with E-state index in [0.717, 1.165) is 5.57 Å². The average molecular weight is 276 g/mol. The van der Waals surface area contributed by atoms with Crippen molar-refractivity contribution in [1.82, 2.24) is 9.72 Å². The van der Waals surface area contributed by atoms with Gasteiger partial charge in [-0.15, -0.1) is 0 Å². The number of hydrogen-bond donors (Lipinski definition) is 0. The summed E-state index contributed by atoms with van der Waals surface area (Å²) in [4.78, 5) is 11.7. The first kappa shape index (κ1) is 13.9. The van der Waals surface area contributed by atoms with Crippen LogP contribution in [-0.4, -0.2) is 23.9 Å². The molecule has 0 saturated heterocycles. The molecule has 2 aromatic rings. The maximum Gasteiger partial charge on any atom is 0.442 e. The topological polar surface area (TPSA) is 66.5 Å². The molecule has 0 unspecified atom stereocenters. The molecule has 1 heterocycles. The maximum absolute atomic E-state index is 11.7. The summed E-state index contributed by atoms with van der Waals surface area (Å²) in [7, 11) is 3.11. The first-order valence-corrected chi connectivity index (χ1v) is 6.00. The lowest BCUT2D eigenvalue weighted by atomic mass is 10.2. The van der Waals surface area contributed by atoms with Crippen LogP contribution in [-0.2, 0) is 6.54 Å². The molecule has 1 aromatic heterocycles. The molecule has 1 aromatic carbocycles. The summed E-state index contributed by atoms with van der Waals surface area (Å²) in [6.07, 6.45) is 0. The Labute approximate surface area is 116 Å². The standard InChI is InChI=1S/C14H16N2O4/c1-9(2)8-16-13(15-20-14(16)17)10-5-6-11(18-3)12(7-10)19-4/h5-7H,1,8H2,2-4H3. The van der Waals surface area contributed by atoms with Crippen LogP contribution >= 0.6 is 0 Å². The summed E-state index contributed by atoms with van der Waals surface area (Å²) in [5.41, 5.74) is 1.53. The summed E-state index contributed by atoms with van der Waals surface area (Å²) in [6.45, 7) is 5.98. The molecule has 0 bridgehead atoms. The van der Waals surface area contributed by atoms with Crippen LogP contribution in [0.3, 0.4) is 0 Å². The van der Waals surface area contributed by atoms with Crippen molar-refractivity contribution >= 4 is 0 Å². The molecule has 20 heavy (non-hydrogen) atoms. The van der Waals surface area contributed by atoms with Gasteiger partial charge in [-0.05, 0) is 25.1 Å². The number of rotatable bonds is 5.